The molecule has 0 unspecified atom stereocenters. The van der Waals surface area contributed by atoms with Crippen LogP contribution >= 0.6 is 12.2 Å². The first-order valence-electron chi connectivity index (χ1n) is 2.91. The first-order chi connectivity index (χ1) is 4.22. The molecule has 0 aromatic rings. The quantitative estimate of drug-likeness (QED) is 0.352. The molecule has 0 atom stereocenters. The van der Waals surface area contributed by atoms with Crippen molar-refractivity contribution in [2.24, 2.45) is 5.84 Å². The standard InChI is InChI=1S/C5H12N2OS/c1-3-7(6)5(9)8-4-2/h3-4,6H2,1-2H3. The van der Waals surface area contributed by atoms with Crippen molar-refractivity contribution in [3.63, 3.8) is 0 Å². The van der Waals surface area contributed by atoms with Gasteiger partial charge in [0.25, 0.3) is 5.17 Å². The summed E-state index contributed by atoms with van der Waals surface area (Å²) < 4.78 is 4.93. The Balaban J connectivity index is 3.46. The van der Waals surface area contributed by atoms with Gasteiger partial charge in [0.15, 0.2) is 0 Å². The van der Waals surface area contributed by atoms with Crippen LogP contribution in [0.4, 0.5) is 0 Å². The molecular weight excluding hydrogens is 136 g/mol. The van der Waals surface area contributed by atoms with Gasteiger partial charge in [-0.2, -0.15) is 0 Å². The van der Waals surface area contributed by atoms with E-state index in [1.54, 1.807) is 0 Å². The minimum atomic E-state index is 0.361. The van der Waals surface area contributed by atoms with E-state index in [1.807, 2.05) is 13.8 Å². The predicted molar refractivity (Wildman–Crippen MR) is 40.8 cm³/mol. The van der Waals surface area contributed by atoms with E-state index >= 15 is 0 Å². The average molecular weight is 148 g/mol. The fourth-order valence-corrected chi connectivity index (χ4v) is 0.582. The molecule has 0 aromatic heterocycles. The van der Waals surface area contributed by atoms with Crippen molar-refractivity contribution in [3.05, 3.63) is 0 Å². The molecule has 0 saturated heterocycles. The van der Waals surface area contributed by atoms with Crippen molar-refractivity contribution in [3.8, 4) is 0 Å². The van der Waals surface area contributed by atoms with Crippen molar-refractivity contribution in [2.75, 3.05) is 13.2 Å². The summed E-state index contributed by atoms with van der Waals surface area (Å²) in [6.45, 7) is 5.03. The Labute approximate surface area is 60.7 Å². The lowest BCUT2D eigenvalue weighted by Crippen LogP contribution is -2.37. The fraction of sp³-hybridized carbons (Fsp3) is 0.800. The molecule has 0 amide bonds. The van der Waals surface area contributed by atoms with Gasteiger partial charge in [0, 0.05) is 6.54 Å². The van der Waals surface area contributed by atoms with Crippen molar-refractivity contribution < 1.29 is 4.74 Å². The van der Waals surface area contributed by atoms with E-state index < -0.39 is 0 Å². The van der Waals surface area contributed by atoms with Gasteiger partial charge in [-0.15, -0.1) is 0 Å². The zero-order chi connectivity index (χ0) is 7.28. The first kappa shape index (κ1) is 8.65. The molecule has 0 rings (SSSR count). The van der Waals surface area contributed by atoms with Crippen LogP contribution in [-0.4, -0.2) is 23.3 Å². The third-order valence-corrected chi connectivity index (χ3v) is 1.20. The number of nitrogens with two attached hydrogens (primary N) is 1. The summed E-state index contributed by atoms with van der Waals surface area (Å²) in [6, 6.07) is 0. The molecule has 9 heavy (non-hydrogen) atoms. The monoisotopic (exact) mass is 148 g/mol. The second-order valence-corrected chi connectivity index (χ2v) is 1.83. The number of hydrazine groups is 1. The molecule has 0 aliphatic carbocycles. The molecule has 3 nitrogen and oxygen atoms in total. The van der Waals surface area contributed by atoms with E-state index in [9.17, 15) is 0 Å². The van der Waals surface area contributed by atoms with Gasteiger partial charge in [0.05, 0.1) is 6.61 Å². The van der Waals surface area contributed by atoms with Crippen LogP contribution in [0.15, 0.2) is 0 Å². The van der Waals surface area contributed by atoms with Crippen LogP contribution in [0.1, 0.15) is 13.8 Å². The Morgan fingerprint density at radius 3 is 2.56 bits per heavy atom. The summed E-state index contributed by atoms with van der Waals surface area (Å²) in [5.74, 6) is 5.37. The molecule has 0 aliphatic heterocycles. The normalized spacial score (nSPS) is 8.78. The van der Waals surface area contributed by atoms with E-state index in [0.717, 1.165) is 0 Å². The number of hydrogen-bond acceptors (Lipinski definition) is 3. The van der Waals surface area contributed by atoms with E-state index in [2.05, 4.69) is 0 Å². The molecule has 2 N–H and O–H groups in total. The summed E-state index contributed by atoms with van der Waals surface area (Å²) in [6.07, 6.45) is 0. The molecule has 0 radical (unpaired) electrons. The molecule has 0 aliphatic rings. The second kappa shape index (κ2) is 4.52. The van der Waals surface area contributed by atoms with Gasteiger partial charge >= 0.3 is 0 Å². The van der Waals surface area contributed by atoms with E-state index in [4.69, 9.17) is 22.8 Å². The average Bonchev–Trinajstić information content (AvgIpc) is 1.87. The van der Waals surface area contributed by atoms with Crippen LogP contribution in [0.5, 0.6) is 0 Å². The van der Waals surface area contributed by atoms with Crippen molar-refractivity contribution in [1.82, 2.24) is 5.01 Å². The molecule has 0 saturated carbocycles. The highest BCUT2D eigenvalue weighted by atomic mass is 32.1. The molecule has 4 heteroatoms. The van der Waals surface area contributed by atoms with Gasteiger partial charge in [0.1, 0.15) is 0 Å². The molecule has 54 valence electrons. The zero-order valence-corrected chi connectivity index (χ0v) is 6.57. The number of ether oxygens (including phenoxy) is 1. The van der Waals surface area contributed by atoms with Crippen LogP contribution in [-0.2, 0) is 4.74 Å². The number of hydrogen-bond donors (Lipinski definition) is 1. The van der Waals surface area contributed by atoms with Crippen LogP contribution in [0.2, 0.25) is 0 Å². The van der Waals surface area contributed by atoms with Gasteiger partial charge in [0.2, 0.25) is 0 Å². The lowest BCUT2D eigenvalue weighted by Gasteiger charge is -2.15. The maximum atomic E-state index is 5.37. The highest BCUT2D eigenvalue weighted by molar-refractivity contribution is 7.79. The summed E-state index contributed by atoms with van der Waals surface area (Å²) in [5, 5.41) is 1.75. The van der Waals surface area contributed by atoms with Gasteiger partial charge in [-0.3, -0.25) is 5.01 Å². The Morgan fingerprint density at radius 2 is 2.22 bits per heavy atom. The molecular formula is C5H12N2OS. The minimum absolute atomic E-state index is 0.361. The summed E-state index contributed by atoms with van der Waals surface area (Å²) in [4.78, 5) is 0. The third-order valence-electron chi connectivity index (χ3n) is 0.843. The first-order valence-corrected chi connectivity index (χ1v) is 3.32. The summed E-state index contributed by atoms with van der Waals surface area (Å²) >= 11 is 4.75. The van der Waals surface area contributed by atoms with Gasteiger partial charge in [-0.1, -0.05) is 0 Å². The highest BCUT2D eigenvalue weighted by Gasteiger charge is 1.99. The Hall–Kier alpha value is -0.350. The van der Waals surface area contributed by atoms with Crippen LogP contribution in [0.25, 0.3) is 0 Å². The zero-order valence-electron chi connectivity index (χ0n) is 5.76. The van der Waals surface area contributed by atoms with Crippen LogP contribution in [0.3, 0.4) is 0 Å². The number of nitrogens with zero attached hydrogens (tertiary/aromatic N) is 1. The molecule has 0 spiro atoms. The van der Waals surface area contributed by atoms with E-state index in [1.165, 1.54) is 5.01 Å². The predicted octanol–water partition coefficient (Wildman–Crippen LogP) is 0.503. The molecule has 0 fully saturated rings. The van der Waals surface area contributed by atoms with E-state index in [0.29, 0.717) is 18.3 Å². The Kier molecular flexibility index (Phi) is 4.35. The molecule has 0 aromatic carbocycles. The topological polar surface area (TPSA) is 38.5 Å². The lowest BCUT2D eigenvalue weighted by molar-refractivity contribution is 0.262. The molecule has 0 heterocycles. The number of rotatable bonds is 2. The van der Waals surface area contributed by atoms with Crippen molar-refractivity contribution in [2.45, 2.75) is 13.8 Å². The fourth-order valence-electron chi connectivity index (χ4n) is 0.335. The smallest absolute Gasteiger partial charge is 0.273 e. The SMILES string of the molecule is CCOC(=S)N(N)CC. The summed E-state index contributed by atoms with van der Waals surface area (Å²) in [5.41, 5.74) is 0. The Bertz CT molecular complexity index is 97.0. The van der Waals surface area contributed by atoms with Gasteiger partial charge < -0.3 is 4.74 Å². The van der Waals surface area contributed by atoms with Gasteiger partial charge in [-0.25, -0.2) is 5.84 Å². The minimum Gasteiger partial charge on any atom is -0.470 e. The van der Waals surface area contributed by atoms with Crippen LogP contribution in [0, 0.1) is 0 Å². The third kappa shape index (κ3) is 3.26. The number of thiocarbonyl (C=S) groups is 1. The van der Waals surface area contributed by atoms with E-state index in [-0.39, 0.29) is 0 Å². The largest absolute Gasteiger partial charge is 0.470 e. The summed E-state index contributed by atoms with van der Waals surface area (Å²) in [7, 11) is 0. The van der Waals surface area contributed by atoms with Crippen LogP contribution < -0.4 is 5.84 Å². The lowest BCUT2D eigenvalue weighted by atomic mass is 10.7. The second-order valence-electron chi connectivity index (χ2n) is 1.48. The highest BCUT2D eigenvalue weighted by Crippen LogP contribution is 1.85. The maximum Gasteiger partial charge on any atom is 0.273 e. The maximum absolute atomic E-state index is 5.37. The Morgan fingerprint density at radius 1 is 1.67 bits per heavy atom. The molecule has 0 bridgehead atoms. The van der Waals surface area contributed by atoms with Crippen molar-refractivity contribution >= 4 is 17.4 Å². The van der Waals surface area contributed by atoms with Gasteiger partial charge in [-0.05, 0) is 26.1 Å². The van der Waals surface area contributed by atoms with Crippen molar-refractivity contribution in [1.29, 1.82) is 0 Å².